The fraction of sp³-hybridized carbons (Fsp3) is 0.300. The maximum atomic E-state index is 12.8. The van der Waals surface area contributed by atoms with Crippen LogP contribution < -0.4 is 0 Å². The molecule has 0 bridgehead atoms. The second kappa shape index (κ2) is 5.68. The standard InChI is InChI=1S/C10H7BrF2N2O2/c11-3-8-6(2-9(16)17)7(10(12)13)1-5(4-14)15-8/h1,10H,2-3H2,(H,16,17). The Bertz CT molecular complexity index is 486. The van der Waals surface area contributed by atoms with E-state index in [-0.39, 0.29) is 22.3 Å². The molecule has 1 aromatic heterocycles. The zero-order valence-corrected chi connectivity index (χ0v) is 10.0. The molecule has 0 unspecified atom stereocenters. The topological polar surface area (TPSA) is 74.0 Å². The van der Waals surface area contributed by atoms with E-state index in [1.807, 2.05) is 0 Å². The molecule has 1 heterocycles. The maximum absolute atomic E-state index is 12.8. The summed E-state index contributed by atoms with van der Waals surface area (Å²) in [5.41, 5.74) is -0.484. The lowest BCUT2D eigenvalue weighted by Gasteiger charge is -2.11. The minimum Gasteiger partial charge on any atom is -0.481 e. The van der Waals surface area contributed by atoms with Crippen LogP contribution in [0.5, 0.6) is 0 Å². The molecule has 1 rings (SSSR count). The van der Waals surface area contributed by atoms with Crippen LogP contribution in [0.1, 0.15) is 28.9 Å². The quantitative estimate of drug-likeness (QED) is 0.867. The number of carbonyl (C=O) groups is 1. The molecule has 0 aromatic carbocycles. The lowest BCUT2D eigenvalue weighted by molar-refractivity contribution is -0.136. The van der Waals surface area contributed by atoms with Crippen molar-refractivity contribution >= 4 is 21.9 Å². The first-order chi connectivity index (χ1) is 7.99. The van der Waals surface area contributed by atoms with Gasteiger partial charge in [0, 0.05) is 10.9 Å². The van der Waals surface area contributed by atoms with Crippen LogP contribution in [0.3, 0.4) is 0 Å². The number of aliphatic carboxylic acids is 1. The average Bonchev–Trinajstić information content (AvgIpc) is 2.28. The molecule has 0 saturated heterocycles. The first-order valence-electron chi connectivity index (χ1n) is 4.48. The lowest BCUT2D eigenvalue weighted by Crippen LogP contribution is -2.10. The smallest absolute Gasteiger partial charge is 0.307 e. The Kier molecular flexibility index (Phi) is 4.52. The third kappa shape index (κ3) is 3.20. The first kappa shape index (κ1) is 13.5. The largest absolute Gasteiger partial charge is 0.481 e. The molecule has 17 heavy (non-hydrogen) atoms. The van der Waals surface area contributed by atoms with E-state index in [0.29, 0.717) is 0 Å². The average molecular weight is 305 g/mol. The number of carboxylic acids is 1. The van der Waals surface area contributed by atoms with Crippen molar-refractivity contribution in [1.82, 2.24) is 4.98 Å². The Balaban J connectivity index is 3.41. The highest BCUT2D eigenvalue weighted by Gasteiger charge is 2.20. The van der Waals surface area contributed by atoms with Gasteiger partial charge in [-0.1, -0.05) is 15.9 Å². The highest BCUT2D eigenvalue weighted by Crippen LogP contribution is 2.27. The van der Waals surface area contributed by atoms with Gasteiger partial charge in [0.15, 0.2) is 0 Å². The lowest BCUT2D eigenvalue weighted by atomic mass is 10.0. The summed E-state index contributed by atoms with van der Waals surface area (Å²) in [5, 5.41) is 17.4. The number of alkyl halides is 3. The van der Waals surface area contributed by atoms with Crippen molar-refractivity contribution in [3.05, 3.63) is 28.6 Å². The normalized spacial score (nSPS) is 10.3. The number of nitrogens with zero attached hydrogens (tertiary/aromatic N) is 2. The second-order valence-corrected chi connectivity index (χ2v) is 3.70. The highest BCUT2D eigenvalue weighted by molar-refractivity contribution is 9.08. The van der Waals surface area contributed by atoms with E-state index in [1.165, 1.54) is 0 Å². The number of hydrogen-bond donors (Lipinski definition) is 1. The van der Waals surface area contributed by atoms with Crippen molar-refractivity contribution in [1.29, 1.82) is 5.26 Å². The Morgan fingerprint density at radius 3 is 2.71 bits per heavy atom. The molecule has 0 spiro atoms. The van der Waals surface area contributed by atoms with E-state index < -0.39 is 24.4 Å². The van der Waals surface area contributed by atoms with Crippen molar-refractivity contribution in [3.63, 3.8) is 0 Å². The van der Waals surface area contributed by atoms with Crippen molar-refractivity contribution in [3.8, 4) is 6.07 Å². The summed E-state index contributed by atoms with van der Waals surface area (Å²) in [6.07, 6.45) is -3.38. The SMILES string of the molecule is N#Cc1cc(C(F)F)c(CC(=O)O)c(CBr)n1. The van der Waals surface area contributed by atoms with Gasteiger partial charge in [-0.05, 0) is 11.6 Å². The fourth-order valence-corrected chi connectivity index (χ4v) is 1.83. The van der Waals surface area contributed by atoms with E-state index in [2.05, 4.69) is 20.9 Å². The first-order valence-corrected chi connectivity index (χ1v) is 5.60. The molecule has 0 amide bonds. The van der Waals surface area contributed by atoms with Crippen molar-refractivity contribution in [2.24, 2.45) is 0 Å². The van der Waals surface area contributed by atoms with Crippen LogP contribution >= 0.6 is 15.9 Å². The minimum atomic E-state index is -2.84. The van der Waals surface area contributed by atoms with Gasteiger partial charge in [-0.25, -0.2) is 13.8 Å². The van der Waals surface area contributed by atoms with E-state index in [0.717, 1.165) is 6.07 Å². The molecule has 0 radical (unpaired) electrons. The Morgan fingerprint density at radius 2 is 2.29 bits per heavy atom. The summed E-state index contributed by atoms with van der Waals surface area (Å²) in [5.74, 6) is -1.22. The molecule has 4 nitrogen and oxygen atoms in total. The van der Waals surface area contributed by atoms with Gasteiger partial charge in [0.25, 0.3) is 6.43 Å². The van der Waals surface area contributed by atoms with Crippen LogP contribution in [0.4, 0.5) is 8.78 Å². The van der Waals surface area contributed by atoms with Gasteiger partial charge in [0.2, 0.25) is 0 Å². The molecule has 1 aromatic rings. The molecule has 0 saturated carbocycles. The molecule has 0 aliphatic carbocycles. The van der Waals surface area contributed by atoms with Crippen molar-refractivity contribution in [2.45, 2.75) is 18.2 Å². The van der Waals surface area contributed by atoms with Crippen molar-refractivity contribution < 1.29 is 18.7 Å². The van der Waals surface area contributed by atoms with Gasteiger partial charge in [0.05, 0.1) is 12.1 Å². The molecule has 0 fully saturated rings. The Hall–Kier alpha value is -1.55. The molecule has 7 heteroatoms. The fourth-order valence-electron chi connectivity index (χ4n) is 1.36. The molecule has 0 aliphatic heterocycles. The number of aromatic nitrogens is 1. The van der Waals surface area contributed by atoms with Crippen molar-refractivity contribution in [2.75, 3.05) is 0 Å². The summed E-state index contributed by atoms with van der Waals surface area (Å²) >= 11 is 3.04. The van der Waals surface area contributed by atoms with Gasteiger partial charge < -0.3 is 5.11 Å². The Morgan fingerprint density at radius 1 is 1.65 bits per heavy atom. The number of halogens is 3. The minimum absolute atomic E-state index is 0.0385. The van der Waals surface area contributed by atoms with E-state index >= 15 is 0 Å². The molecule has 0 aliphatic rings. The number of nitriles is 1. The Labute approximate surface area is 104 Å². The summed E-state index contributed by atoms with van der Waals surface area (Å²) < 4.78 is 25.5. The predicted octanol–water partition coefficient (Wildman–Crippen LogP) is 2.41. The third-order valence-electron chi connectivity index (χ3n) is 2.05. The van der Waals surface area contributed by atoms with Crippen LogP contribution in [0.2, 0.25) is 0 Å². The van der Waals surface area contributed by atoms with E-state index in [9.17, 15) is 13.6 Å². The van der Waals surface area contributed by atoms with Gasteiger partial charge in [-0.15, -0.1) is 0 Å². The molecule has 1 N–H and O–H groups in total. The zero-order valence-electron chi connectivity index (χ0n) is 8.45. The number of rotatable bonds is 4. The predicted molar refractivity (Wildman–Crippen MR) is 57.9 cm³/mol. The molecular formula is C10H7BrF2N2O2. The molecular weight excluding hydrogens is 298 g/mol. The van der Waals surface area contributed by atoms with Crippen LogP contribution in [0, 0.1) is 11.3 Å². The molecule has 90 valence electrons. The summed E-state index contributed by atoms with van der Waals surface area (Å²) in [6.45, 7) is 0. The number of carboxylic acid groups (broad SMARTS) is 1. The van der Waals surface area contributed by atoms with Crippen LogP contribution in [-0.2, 0) is 16.5 Å². The zero-order chi connectivity index (χ0) is 13.0. The highest BCUT2D eigenvalue weighted by atomic mass is 79.9. The van der Waals surface area contributed by atoms with Gasteiger partial charge in [0.1, 0.15) is 11.8 Å². The summed E-state index contributed by atoms with van der Waals surface area (Å²) in [7, 11) is 0. The third-order valence-corrected chi connectivity index (χ3v) is 2.58. The van der Waals surface area contributed by atoms with Gasteiger partial charge >= 0.3 is 5.97 Å². The van der Waals surface area contributed by atoms with Gasteiger partial charge in [-0.2, -0.15) is 5.26 Å². The molecule has 0 atom stereocenters. The van der Waals surface area contributed by atoms with E-state index in [4.69, 9.17) is 10.4 Å². The summed E-state index contributed by atoms with van der Waals surface area (Å²) in [4.78, 5) is 14.4. The number of hydrogen-bond acceptors (Lipinski definition) is 3. The van der Waals surface area contributed by atoms with Crippen LogP contribution in [-0.4, -0.2) is 16.1 Å². The van der Waals surface area contributed by atoms with Gasteiger partial charge in [-0.3, -0.25) is 4.79 Å². The number of pyridine rings is 1. The van der Waals surface area contributed by atoms with Crippen LogP contribution in [0.15, 0.2) is 6.07 Å². The van der Waals surface area contributed by atoms with Crippen LogP contribution in [0.25, 0.3) is 0 Å². The summed E-state index contributed by atoms with van der Waals surface area (Å²) in [6, 6.07) is 2.59. The van der Waals surface area contributed by atoms with E-state index in [1.54, 1.807) is 6.07 Å². The monoisotopic (exact) mass is 304 g/mol. The second-order valence-electron chi connectivity index (χ2n) is 3.14. The maximum Gasteiger partial charge on any atom is 0.307 e.